The molecule has 144 valence electrons. The van der Waals surface area contributed by atoms with Crippen LogP contribution in [-0.2, 0) is 0 Å². The number of hydrogen-bond donors (Lipinski definition) is 1. The number of pyridine rings is 2. The van der Waals surface area contributed by atoms with Gasteiger partial charge in [0.15, 0.2) is 0 Å². The number of phenols is 1. The number of benzene rings is 1. The molecule has 1 saturated heterocycles. The summed E-state index contributed by atoms with van der Waals surface area (Å²) >= 11 is 0. The fourth-order valence-corrected chi connectivity index (χ4v) is 4.04. The minimum atomic E-state index is -0.416. The van der Waals surface area contributed by atoms with Crippen molar-refractivity contribution in [2.45, 2.75) is 26.3 Å². The molecule has 2 aromatic heterocycles. The van der Waals surface area contributed by atoms with Crippen molar-refractivity contribution < 1.29 is 9.90 Å². The van der Waals surface area contributed by atoms with Crippen LogP contribution in [0.25, 0.3) is 10.9 Å². The van der Waals surface area contributed by atoms with Gasteiger partial charge in [0.1, 0.15) is 11.3 Å². The smallest absolute Gasteiger partial charge is 0.320 e. The lowest BCUT2D eigenvalue weighted by atomic mass is 9.93. The summed E-state index contributed by atoms with van der Waals surface area (Å²) < 4.78 is 0. The molecule has 0 aliphatic carbocycles. The number of urea groups is 1. The Hall–Kier alpha value is -3.15. The number of amides is 2. The first kappa shape index (κ1) is 18.2. The van der Waals surface area contributed by atoms with Crippen LogP contribution in [0.1, 0.15) is 36.1 Å². The van der Waals surface area contributed by atoms with E-state index in [0.717, 1.165) is 29.5 Å². The number of hydrogen-bond acceptors (Lipinski definition) is 4. The average Bonchev–Trinajstić information content (AvgIpc) is 2.74. The third kappa shape index (κ3) is 3.05. The Morgan fingerprint density at radius 2 is 2.04 bits per heavy atom. The number of aromatic hydroxyl groups is 1. The second-order valence-electron chi connectivity index (χ2n) is 7.13. The molecule has 1 fully saturated rings. The zero-order valence-electron chi connectivity index (χ0n) is 16.2. The molecule has 4 rings (SSSR count). The van der Waals surface area contributed by atoms with Gasteiger partial charge in [-0.05, 0) is 49.6 Å². The number of rotatable bonds is 4. The molecule has 0 bridgehead atoms. The number of nitrogens with zero attached hydrogens (tertiary/aromatic N) is 4. The molecule has 1 aromatic carbocycles. The molecular weight excluding hydrogens is 352 g/mol. The van der Waals surface area contributed by atoms with Crippen molar-refractivity contribution in [1.82, 2.24) is 19.8 Å². The number of carbonyl (C=O) groups is 1. The van der Waals surface area contributed by atoms with Gasteiger partial charge in [-0.15, -0.1) is 0 Å². The van der Waals surface area contributed by atoms with Crippen molar-refractivity contribution in [2.75, 3.05) is 19.6 Å². The van der Waals surface area contributed by atoms with Gasteiger partial charge in [-0.3, -0.25) is 9.97 Å². The lowest BCUT2D eigenvalue weighted by molar-refractivity contribution is 0.118. The molecule has 0 radical (unpaired) electrons. The Morgan fingerprint density at radius 1 is 1.21 bits per heavy atom. The lowest BCUT2D eigenvalue weighted by Gasteiger charge is -2.40. The molecule has 6 nitrogen and oxygen atoms in total. The number of carbonyl (C=O) groups excluding carboxylic acids is 1. The third-order valence-electron chi connectivity index (χ3n) is 5.43. The second kappa shape index (κ2) is 7.46. The van der Waals surface area contributed by atoms with Crippen LogP contribution in [0.15, 0.2) is 48.9 Å². The molecule has 1 aliphatic heterocycles. The predicted octanol–water partition coefficient (Wildman–Crippen LogP) is 3.88. The van der Waals surface area contributed by atoms with Crippen LogP contribution in [0.3, 0.4) is 0 Å². The van der Waals surface area contributed by atoms with Crippen LogP contribution in [-0.4, -0.2) is 50.5 Å². The first-order valence-corrected chi connectivity index (χ1v) is 9.64. The Kier molecular flexibility index (Phi) is 4.86. The van der Waals surface area contributed by atoms with E-state index in [1.54, 1.807) is 18.6 Å². The molecule has 3 aromatic rings. The molecule has 1 aliphatic rings. The van der Waals surface area contributed by atoms with Gasteiger partial charge in [-0.1, -0.05) is 12.1 Å². The van der Waals surface area contributed by atoms with Gasteiger partial charge in [-0.25, -0.2) is 4.79 Å². The first-order valence-electron chi connectivity index (χ1n) is 9.64. The molecule has 1 atom stereocenters. The van der Waals surface area contributed by atoms with E-state index < -0.39 is 6.04 Å². The maximum Gasteiger partial charge on any atom is 0.320 e. The minimum absolute atomic E-state index is 0.0132. The summed E-state index contributed by atoms with van der Waals surface area (Å²) in [5.74, 6) is 0.122. The summed E-state index contributed by atoms with van der Waals surface area (Å²) in [4.78, 5) is 25.5. The normalized spacial score (nSPS) is 15.9. The summed E-state index contributed by atoms with van der Waals surface area (Å²) in [6.07, 6.45) is 6.04. The largest absolute Gasteiger partial charge is 0.505 e. The minimum Gasteiger partial charge on any atom is -0.505 e. The fourth-order valence-electron chi connectivity index (χ4n) is 4.04. The Balaban J connectivity index is 1.91. The molecule has 6 heteroatoms. The maximum absolute atomic E-state index is 13.1. The van der Waals surface area contributed by atoms with E-state index in [9.17, 15) is 9.90 Å². The van der Waals surface area contributed by atoms with Crippen LogP contribution >= 0.6 is 0 Å². The van der Waals surface area contributed by atoms with Crippen molar-refractivity contribution in [2.24, 2.45) is 0 Å². The zero-order chi connectivity index (χ0) is 19.7. The Bertz CT molecular complexity index is 1010. The molecule has 1 N–H and O–H groups in total. The first-order chi connectivity index (χ1) is 13.6. The van der Waals surface area contributed by atoms with E-state index in [1.165, 1.54) is 0 Å². The van der Waals surface area contributed by atoms with Gasteiger partial charge in [0.25, 0.3) is 0 Å². The van der Waals surface area contributed by atoms with E-state index in [4.69, 9.17) is 0 Å². The molecular formula is C22H24N4O2. The topological polar surface area (TPSA) is 69.6 Å². The number of aromatic nitrogens is 2. The number of phenolic OH excluding ortho intramolecular Hbond substituents is 1. The van der Waals surface area contributed by atoms with E-state index in [-0.39, 0.29) is 11.8 Å². The number of fused-ring (bicyclic) bond motifs is 1. The van der Waals surface area contributed by atoms with Crippen molar-refractivity contribution in [3.8, 4) is 5.75 Å². The molecule has 2 amide bonds. The van der Waals surface area contributed by atoms with Gasteiger partial charge in [0, 0.05) is 49.2 Å². The number of aryl methyl sites for hydroxylation is 1. The van der Waals surface area contributed by atoms with Gasteiger partial charge in [0.05, 0.1) is 6.04 Å². The van der Waals surface area contributed by atoms with Crippen molar-refractivity contribution in [1.29, 1.82) is 0 Å². The average molecular weight is 376 g/mol. The standard InChI is InChI=1S/C22H24N4O2/c1-3-25-11-6-12-26(22(25)28)20(16-7-4-9-23-14-16)18-13-15(2)17-8-5-10-24-19(17)21(18)27/h4-5,7-10,13-14,20,27H,3,6,11-12H2,1-2H3. The highest BCUT2D eigenvalue weighted by molar-refractivity contribution is 5.89. The van der Waals surface area contributed by atoms with Crippen molar-refractivity contribution in [3.05, 3.63) is 65.6 Å². The van der Waals surface area contributed by atoms with Crippen molar-refractivity contribution in [3.63, 3.8) is 0 Å². The summed E-state index contributed by atoms with van der Waals surface area (Å²) in [5, 5.41) is 12.0. The molecule has 0 saturated carbocycles. The van der Waals surface area contributed by atoms with Crippen LogP contribution in [0.2, 0.25) is 0 Å². The zero-order valence-corrected chi connectivity index (χ0v) is 16.2. The monoisotopic (exact) mass is 376 g/mol. The van der Waals surface area contributed by atoms with E-state index >= 15 is 0 Å². The highest BCUT2D eigenvalue weighted by atomic mass is 16.3. The molecule has 0 spiro atoms. The SMILES string of the molecule is CCN1CCCN(C(c2cccnc2)c2cc(C)c3cccnc3c2O)C1=O. The summed E-state index contributed by atoms with van der Waals surface area (Å²) in [7, 11) is 0. The Morgan fingerprint density at radius 3 is 2.79 bits per heavy atom. The van der Waals surface area contributed by atoms with Gasteiger partial charge in [0.2, 0.25) is 0 Å². The highest BCUT2D eigenvalue weighted by Gasteiger charge is 2.34. The van der Waals surface area contributed by atoms with Gasteiger partial charge >= 0.3 is 6.03 Å². The summed E-state index contributed by atoms with van der Waals surface area (Å²) in [6, 6.07) is 9.16. The molecule has 1 unspecified atom stereocenters. The van der Waals surface area contributed by atoms with E-state index in [2.05, 4.69) is 9.97 Å². The van der Waals surface area contributed by atoms with E-state index in [0.29, 0.717) is 24.2 Å². The van der Waals surface area contributed by atoms with Crippen LogP contribution in [0, 0.1) is 6.92 Å². The van der Waals surface area contributed by atoms with Crippen LogP contribution < -0.4 is 0 Å². The van der Waals surface area contributed by atoms with Crippen LogP contribution in [0.5, 0.6) is 5.75 Å². The summed E-state index contributed by atoms with van der Waals surface area (Å²) in [6.45, 7) is 6.05. The fraction of sp³-hybridized carbons (Fsp3) is 0.318. The quantitative estimate of drug-likeness (QED) is 0.750. The van der Waals surface area contributed by atoms with Gasteiger partial charge < -0.3 is 14.9 Å². The highest BCUT2D eigenvalue weighted by Crippen LogP contribution is 2.40. The van der Waals surface area contributed by atoms with E-state index in [1.807, 2.05) is 54.0 Å². The van der Waals surface area contributed by atoms with Crippen molar-refractivity contribution >= 4 is 16.9 Å². The third-order valence-corrected chi connectivity index (χ3v) is 5.43. The maximum atomic E-state index is 13.1. The van der Waals surface area contributed by atoms with Gasteiger partial charge in [-0.2, -0.15) is 0 Å². The van der Waals surface area contributed by atoms with Crippen LogP contribution in [0.4, 0.5) is 4.79 Å². The predicted molar refractivity (Wildman–Crippen MR) is 108 cm³/mol. The summed E-state index contributed by atoms with van der Waals surface area (Å²) in [5.41, 5.74) is 3.13. The second-order valence-corrected chi connectivity index (χ2v) is 7.13. The lowest BCUT2D eigenvalue weighted by Crippen LogP contribution is -2.50. The molecule has 3 heterocycles. The molecule has 28 heavy (non-hydrogen) atoms. The Labute approximate surface area is 164 Å².